The molecule has 8 nitrogen and oxygen atoms in total. The molecule has 4 rings (SSSR count). The summed E-state index contributed by atoms with van der Waals surface area (Å²) in [6, 6.07) is 11.0. The molecule has 0 spiro atoms. The fourth-order valence-electron chi connectivity index (χ4n) is 2.69. The van der Waals surface area contributed by atoms with Gasteiger partial charge in [-0.2, -0.15) is 5.10 Å². The third-order valence-corrected chi connectivity index (χ3v) is 3.74. The van der Waals surface area contributed by atoms with Crippen LogP contribution in [0.15, 0.2) is 36.4 Å². The normalized spacial score (nSPS) is 10.7. The van der Waals surface area contributed by atoms with Gasteiger partial charge in [0.15, 0.2) is 5.82 Å². The predicted octanol–water partition coefficient (Wildman–Crippen LogP) is 2.97. The second-order valence-corrected chi connectivity index (χ2v) is 5.05. The summed E-state index contributed by atoms with van der Waals surface area (Å²) in [5, 5.41) is 17.6. The van der Waals surface area contributed by atoms with Crippen LogP contribution in [0.1, 0.15) is 10.4 Å². The summed E-state index contributed by atoms with van der Waals surface area (Å²) in [6.45, 7) is 0. The molecule has 4 aromatic rings. The highest BCUT2D eigenvalue weighted by atomic mass is 16.5. The van der Waals surface area contributed by atoms with Gasteiger partial charge in [-0.05, 0) is 18.2 Å². The third-order valence-electron chi connectivity index (χ3n) is 3.74. The molecule has 8 heteroatoms. The number of carboxylic acid groups (broad SMARTS) is 1. The van der Waals surface area contributed by atoms with E-state index in [0.717, 1.165) is 10.9 Å². The first kappa shape index (κ1) is 15.5. The van der Waals surface area contributed by atoms with Gasteiger partial charge in [0.2, 0.25) is 0 Å². The van der Waals surface area contributed by atoms with Gasteiger partial charge in [0, 0.05) is 5.39 Å². The summed E-state index contributed by atoms with van der Waals surface area (Å²) in [6.07, 6.45) is 0. The van der Waals surface area contributed by atoms with E-state index < -0.39 is 5.97 Å². The number of nitrogens with zero attached hydrogens (tertiary/aromatic N) is 2. The molecule has 0 bridgehead atoms. The molecular weight excluding hydrogens is 310 g/mol. The molecule has 0 radical (unpaired) electrons. The van der Waals surface area contributed by atoms with Crippen LogP contribution in [0.5, 0.6) is 5.75 Å². The van der Waals surface area contributed by atoms with Crippen LogP contribution < -0.4 is 10.9 Å². The van der Waals surface area contributed by atoms with E-state index in [-0.39, 0.29) is 17.5 Å². The van der Waals surface area contributed by atoms with Crippen LogP contribution in [-0.2, 0) is 0 Å². The number of para-hydroxylation sites is 1. The zero-order chi connectivity index (χ0) is 16.0. The average molecular weight is 325 g/mol. The summed E-state index contributed by atoms with van der Waals surface area (Å²) >= 11 is 0. The Hall–Kier alpha value is -3.39. The lowest BCUT2D eigenvalue weighted by molar-refractivity contribution is 0.0695. The Morgan fingerprint density at radius 3 is 2.71 bits per heavy atom. The molecule has 122 valence electrons. The number of benzene rings is 2. The molecule has 0 amide bonds. The van der Waals surface area contributed by atoms with Crippen molar-refractivity contribution in [3.05, 3.63) is 42.0 Å². The summed E-state index contributed by atoms with van der Waals surface area (Å²) in [4.78, 5) is 19.1. The number of rotatable bonds is 3. The maximum Gasteiger partial charge on any atom is 0.341 e. The Bertz CT molecular complexity index is 1050. The number of aromatic amines is 2. The number of aromatic carboxylic acids is 1. The number of ether oxygens (including phenoxy) is 1. The molecule has 0 atom stereocenters. The van der Waals surface area contributed by atoms with Crippen molar-refractivity contribution in [3.8, 4) is 17.3 Å². The molecule has 6 N–H and O–H groups in total. The van der Waals surface area contributed by atoms with Crippen LogP contribution in [0, 0.1) is 0 Å². The quantitative estimate of drug-likeness (QED) is 0.456. The molecule has 2 aromatic carbocycles. The topological polar surface area (TPSA) is 139 Å². The first-order valence-electron chi connectivity index (χ1n) is 6.92. The van der Waals surface area contributed by atoms with E-state index in [1.165, 1.54) is 7.11 Å². The van der Waals surface area contributed by atoms with Crippen molar-refractivity contribution < 1.29 is 14.6 Å². The Morgan fingerprint density at radius 2 is 1.96 bits per heavy atom. The summed E-state index contributed by atoms with van der Waals surface area (Å²) < 4.78 is 5.13. The van der Waals surface area contributed by atoms with E-state index in [2.05, 4.69) is 20.2 Å². The molecule has 0 fully saturated rings. The Morgan fingerprint density at radius 1 is 1.17 bits per heavy atom. The molecule has 0 saturated heterocycles. The zero-order valence-corrected chi connectivity index (χ0v) is 12.8. The number of nitrogens with one attached hydrogen (secondary N) is 2. The Kier molecular flexibility index (Phi) is 3.66. The number of methoxy groups -OCH3 is 1. The van der Waals surface area contributed by atoms with Crippen molar-refractivity contribution in [2.45, 2.75) is 0 Å². The number of hydrogen-bond acceptors (Lipinski definition) is 5. The zero-order valence-electron chi connectivity index (χ0n) is 12.8. The van der Waals surface area contributed by atoms with Crippen molar-refractivity contribution in [3.63, 3.8) is 0 Å². The van der Waals surface area contributed by atoms with Crippen LogP contribution >= 0.6 is 0 Å². The first-order valence-corrected chi connectivity index (χ1v) is 6.92. The van der Waals surface area contributed by atoms with Gasteiger partial charge >= 0.3 is 5.97 Å². The first-order chi connectivity index (χ1) is 11.2. The third kappa shape index (κ3) is 2.17. The largest absolute Gasteiger partial charge is 0.496 e. The second-order valence-electron chi connectivity index (χ2n) is 5.05. The van der Waals surface area contributed by atoms with Gasteiger partial charge in [0.05, 0.1) is 18.1 Å². The van der Waals surface area contributed by atoms with E-state index in [1.807, 2.05) is 24.3 Å². The van der Waals surface area contributed by atoms with Gasteiger partial charge in [-0.3, -0.25) is 5.10 Å². The van der Waals surface area contributed by atoms with Crippen LogP contribution in [-0.4, -0.2) is 38.4 Å². The summed E-state index contributed by atoms with van der Waals surface area (Å²) in [5.41, 5.74) is 2.53. The summed E-state index contributed by atoms with van der Waals surface area (Å²) in [5.74, 6) is -0.305. The number of carboxylic acids is 1. The molecule has 2 heterocycles. The highest BCUT2D eigenvalue weighted by Gasteiger charge is 2.20. The van der Waals surface area contributed by atoms with Gasteiger partial charge in [0.25, 0.3) is 0 Å². The molecule has 0 aliphatic carbocycles. The van der Waals surface area contributed by atoms with Gasteiger partial charge < -0.3 is 21.0 Å². The van der Waals surface area contributed by atoms with Crippen molar-refractivity contribution in [2.75, 3.05) is 7.11 Å². The lowest BCUT2D eigenvalue weighted by Crippen LogP contribution is -2.01. The number of imidazole rings is 1. The molecular formula is C16H15N5O3. The summed E-state index contributed by atoms with van der Waals surface area (Å²) in [7, 11) is 1.43. The van der Waals surface area contributed by atoms with E-state index in [0.29, 0.717) is 22.6 Å². The number of H-pyrrole nitrogens is 2. The van der Waals surface area contributed by atoms with Crippen LogP contribution in [0.2, 0.25) is 0 Å². The lowest BCUT2D eigenvalue weighted by atomic mass is 10.1. The fraction of sp³-hybridized carbons (Fsp3) is 0.0625. The number of aromatic nitrogens is 4. The molecule has 0 saturated carbocycles. The molecule has 0 aliphatic heterocycles. The SMILES string of the molecule is COc1ccc2[nH]c(-c3n[nH]c4ccccc34)nc2c1C(=O)O.N. The standard InChI is InChI=1S/C16H12N4O3.H3N/c1-23-11-7-6-10-14(12(11)16(21)22)18-15(17-10)13-8-4-2-3-5-9(8)19-20-13;/h2-7H,1H3,(H,17,18)(H,19,20)(H,21,22);1H3. The second kappa shape index (κ2) is 5.67. The lowest BCUT2D eigenvalue weighted by Gasteiger charge is -2.04. The number of carbonyl (C=O) groups is 1. The van der Waals surface area contributed by atoms with Crippen molar-refractivity contribution in [1.29, 1.82) is 0 Å². The van der Waals surface area contributed by atoms with E-state index in [9.17, 15) is 9.90 Å². The van der Waals surface area contributed by atoms with Crippen molar-refractivity contribution in [2.24, 2.45) is 0 Å². The molecule has 24 heavy (non-hydrogen) atoms. The van der Waals surface area contributed by atoms with Crippen LogP contribution in [0.3, 0.4) is 0 Å². The van der Waals surface area contributed by atoms with Crippen LogP contribution in [0.25, 0.3) is 33.5 Å². The number of fused-ring (bicyclic) bond motifs is 2. The minimum atomic E-state index is -1.09. The maximum absolute atomic E-state index is 11.5. The van der Waals surface area contributed by atoms with Crippen LogP contribution in [0.4, 0.5) is 0 Å². The molecule has 2 aromatic heterocycles. The Labute approximate surface area is 136 Å². The predicted molar refractivity (Wildman–Crippen MR) is 89.7 cm³/mol. The van der Waals surface area contributed by atoms with Gasteiger partial charge in [-0.25, -0.2) is 9.78 Å². The average Bonchev–Trinajstić information content (AvgIpc) is 3.16. The smallest absolute Gasteiger partial charge is 0.341 e. The maximum atomic E-state index is 11.5. The van der Waals surface area contributed by atoms with Gasteiger partial charge in [-0.15, -0.1) is 0 Å². The van der Waals surface area contributed by atoms with Crippen molar-refractivity contribution in [1.82, 2.24) is 26.3 Å². The van der Waals surface area contributed by atoms with E-state index in [1.54, 1.807) is 12.1 Å². The fourth-order valence-corrected chi connectivity index (χ4v) is 2.69. The number of hydrogen-bond donors (Lipinski definition) is 4. The monoisotopic (exact) mass is 325 g/mol. The molecule has 0 unspecified atom stereocenters. The van der Waals surface area contributed by atoms with E-state index >= 15 is 0 Å². The molecule has 0 aliphatic rings. The minimum Gasteiger partial charge on any atom is -0.496 e. The van der Waals surface area contributed by atoms with Crippen molar-refractivity contribution >= 4 is 27.9 Å². The highest BCUT2D eigenvalue weighted by molar-refractivity contribution is 6.05. The van der Waals surface area contributed by atoms with E-state index in [4.69, 9.17) is 4.74 Å². The van der Waals surface area contributed by atoms with Gasteiger partial charge in [-0.1, -0.05) is 18.2 Å². The highest BCUT2D eigenvalue weighted by Crippen LogP contribution is 2.30. The minimum absolute atomic E-state index is 0. The van der Waals surface area contributed by atoms with Gasteiger partial charge in [0.1, 0.15) is 22.5 Å². The Balaban J connectivity index is 0.00000169.